The quantitative estimate of drug-likeness (QED) is 0.845. The zero-order valence-corrected chi connectivity index (χ0v) is 9.73. The topological polar surface area (TPSA) is 55.6 Å². The van der Waals surface area contributed by atoms with Crippen molar-refractivity contribution in [1.29, 1.82) is 0 Å². The van der Waals surface area contributed by atoms with Gasteiger partial charge in [0.2, 0.25) is 0 Å². The van der Waals surface area contributed by atoms with Crippen LogP contribution in [0.1, 0.15) is 17.0 Å². The van der Waals surface area contributed by atoms with Gasteiger partial charge in [0.1, 0.15) is 5.82 Å². The number of aromatic nitrogens is 4. The van der Waals surface area contributed by atoms with Crippen LogP contribution in [0, 0.1) is 13.8 Å². The molecule has 0 aliphatic heterocycles. The minimum atomic E-state index is 0.713. The molecule has 0 unspecified atom stereocenters. The van der Waals surface area contributed by atoms with Crippen molar-refractivity contribution in [3.05, 3.63) is 35.5 Å². The summed E-state index contributed by atoms with van der Waals surface area (Å²) in [5.41, 5.74) is 3.05. The van der Waals surface area contributed by atoms with Gasteiger partial charge in [0.05, 0.1) is 23.8 Å². The number of hydrogen-bond donors (Lipinski definition) is 1. The molecule has 0 aromatic carbocycles. The summed E-state index contributed by atoms with van der Waals surface area (Å²) in [6.45, 7) is 4.62. The molecule has 0 fully saturated rings. The van der Waals surface area contributed by atoms with E-state index in [2.05, 4.69) is 20.4 Å². The van der Waals surface area contributed by atoms with Gasteiger partial charge in [0.25, 0.3) is 0 Å². The smallest absolute Gasteiger partial charge is 0.145 e. The predicted octanol–water partition coefficient (Wildman–Crippen LogP) is 1.44. The van der Waals surface area contributed by atoms with Crippen molar-refractivity contribution in [3.63, 3.8) is 0 Å². The van der Waals surface area contributed by atoms with Crippen LogP contribution >= 0.6 is 0 Å². The Morgan fingerprint density at radius 1 is 1.25 bits per heavy atom. The Labute approximate surface area is 94.5 Å². The van der Waals surface area contributed by atoms with E-state index in [-0.39, 0.29) is 0 Å². The highest BCUT2D eigenvalue weighted by Crippen LogP contribution is 2.07. The molecule has 0 saturated heterocycles. The first kappa shape index (κ1) is 10.6. The molecule has 1 N–H and O–H groups in total. The standard InChI is InChI=1S/C11H15N5/c1-8-9(2)15-11(6-12-8)13-4-10-5-14-16(3)7-10/h5-7H,4H2,1-3H3,(H,13,15). The SMILES string of the molecule is Cc1ncc(NCc2cnn(C)c2)nc1C. The zero-order chi connectivity index (χ0) is 11.5. The van der Waals surface area contributed by atoms with Crippen LogP contribution in [0.3, 0.4) is 0 Å². The predicted molar refractivity (Wildman–Crippen MR) is 62.0 cm³/mol. The monoisotopic (exact) mass is 217 g/mol. The van der Waals surface area contributed by atoms with Crippen molar-refractivity contribution in [1.82, 2.24) is 19.7 Å². The fourth-order valence-corrected chi connectivity index (χ4v) is 1.38. The van der Waals surface area contributed by atoms with Crippen molar-refractivity contribution in [2.45, 2.75) is 20.4 Å². The van der Waals surface area contributed by atoms with Gasteiger partial charge in [-0.2, -0.15) is 5.10 Å². The molecular formula is C11H15N5. The van der Waals surface area contributed by atoms with E-state index in [1.807, 2.05) is 33.3 Å². The molecule has 5 nitrogen and oxygen atoms in total. The summed E-state index contributed by atoms with van der Waals surface area (Å²) in [5, 5.41) is 7.32. The summed E-state index contributed by atoms with van der Waals surface area (Å²) in [6, 6.07) is 0. The molecule has 0 aliphatic carbocycles. The van der Waals surface area contributed by atoms with E-state index in [1.54, 1.807) is 10.9 Å². The van der Waals surface area contributed by atoms with Crippen molar-refractivity contribution >= 4 is 5.82 Å². The van der Waals surface area contributed by atoms with E-state index in [9.17, 15) is 0 Å². The van der Waals surface area contributed by atoms with Gasteiger partial charge in [0.15, 0.2) is 0 Å². The van der Waals surface area contributed by atoms with Crippen LogP contribution in [0.15, 0.2) is 18.6 Å². The molecule has 0 aliphatic rings. The highest BCUT2D eigenvalue weighted by atomic mass is 15.2. The van der Waals surface area contributed by atoms with Gasteiger partial charge in [-0.3, -0.25) is 9.67 Å². The minimum Gasteiger partial charge on any atom is -0.365 e. The van der Waals surface area contributed by atoms with Gasteiger partial charge in [-0.05, 0) is 13.8 Å². The summed E-state index contributed by atoms with van der Waals surface area (Å²) in [7, 11) is 1.90. The van der Waals surface area contributed by atoms with Crippen LogP contribution in [0.25, 0.3) is 0 Å². The number of anilines is 1. The first-order valence-electron chi connectivity index (χ1n) is 5.17. The molecule has 2 rings (SSSR count). The van der Waals surface area contributed by atoms with E-state index >= 15 is 0 Å². The maximum absolute atomic E-state index is 4.39. The van der Waals surface area contributed by atoms with Crippen LogP contribution in [0.4, 0.5) is 5.82 Å². The molecule has 0 atom stereocenters. The Morgan fingerprint density at radius 3 is 2.69 bits per heavy atom. The summed E-state index contributed by atoms with van der Waals surface area (Å²) >= 11 is 0. The van der Waals surface area contributed by atoms with Gasteiger partial charge in [-0.25, -0.2) is 4.98 Å². The summed E-state index contributed by atoms with van der Waals surface area (Å²) in [5.74, 6) is 0.798. The highest BCUT2D eigenvalue weighted by Gasteiger charge is 2.00. The van der Waals surface area contributed by atoms with Gasteiger partial charge in [-0.15, -0.1) is 0 Å². The third-order valence-corrected chi connectivity index (χ3v) is 2.42. The summed E-state index contributed by atoms with van der Waals surface area (Å²) in [4.78, 5) is 8.64. The highest BCUT2D eigenvalue weighted by molar-refractivity contribution is 5.34. The molecule has 2 heterocycles. The fraction of sp³-hybridized carbons (Fsp3) is 0.364. The zero-order valence-electron chi connectivity index (χ0n) is 9.73. The number of rotatable bonds is 3. The Hall–Kier alpha value is -1.91. The molecule has 0 amide bonds. The van der Waals surface area contributed by atoms with Crippen molar-refractivity contribution in [3.8, 4) is 0 Å². The number of hydrogen-bond acceptors (Lipinski definition) is 4. The van der Waals surface area contributed by atoms with Crippen molar-refractivity contribution in [2.24, 2.45) is 7.05 Å². The second-order valence-corrected chi connectivity index (χ2v) is 3.80. The molecule has 16 heavy (non-hydrogen) atoms. The lowest BCUT2D eigenvalue weighted by atomic mass is 10.3. The molecule has 84 valence electrons. The number of aryl methyl sites for hydroxylation is 3. The lowest BCUT2D eigenvalue weighted by Gasteiger charge is -2.05. The number of nitrogens with zero attached hydrogens (tertiary/aromatic N) is 4. The molecular weight excluding hydrogens is 202 g/mol. The average Bonchev–Trinajstić information content (AvgIpc) is 2.66. The van der Waals surface area contributed by atoms with E-state index < -0.39 is 0 Å². The fourth-order valence-electron chi connectivity index (χ4n) is 1.38. The Balaban J connectivity index is 2.02. The Bertz CT molecular complexity index is 489. The summed E-state index contributed by atoms with van der Waals surface area (Å²) < 4.78 is 1.78. The van der Waals surface area contributed by atoms with E-state index in [4.69, 9.17) is 0 Å². The number of nitrogens with one attached hydrogen (secondary N) is 1. The first-order valence-corrected chi connectivity index (χ1v) is 5.17. The van der Waals surface area contributed by atoms with Crippen molar-refractivity contribution < 1.29 is 0 Å². The van der Waals surface area contributed by atoms with E-state index in [0.29, 0.717) is 6.54 Å². The molecule has 5 heteroatoms. The maximum Gasteiger partial charge on any atom is 0.145 e. The van der Waals surface area contributed by atoms with Gasteiger partial charge < -0.3 is 5.32 Å². The minimum absolute atomic E-state index is 0.713. The third-order valence-electron chi connectivity index (χ3n) is 2.42. The Kier molecular flexibility index (Phi) is 2.85. The van der Waals surface area contributed by atoms with E-state index in [1.165, 1.54) is 0 Å². The van der Waals surface area contributed by atoms with Crippen LogP contribution in [0.5, 0.6) is 0 Å². The molecule has 0 radical (unpaired) electrons. The van der Waals surface area contributed by atoms with E-state index in [0.717, 1.165) is 22.8 Å². The molecule has 2 aromatic heterocycles. The second kappa shape index (κ2) is 4.30. The van der Waals surface area contributed by atoms with Crippen LogP contribution in [0.2, 0.25) is 0 Å². The van der Waals surface area contributed by atoms with Crippen LogP contribution < -0.4 is 5.32 Å². The summed E-state index contributed by atoms with van der Waals surface area (Å²) in [6.07, 6.45) is 5.56. The van der Waals surface area contributed by atoms with Crippen molar-refractivity contribution in [2.75, 3.05) is 5.32 Å². The van der Waals surface area contributed by atoms with Gasteiger partial charge in [-0.1, -0.05) is 0 Å². The normalized spacial score (nSPS) is 10.4. The second-order valence-electron chi connectivity index (χ2n) is 3.80. The largest absolute Gasteiger partial charge is 0.365 e. The van der Waals surface area contributed by atoms with Crippen LogP contribution in [-0.2, 0) is 13.6 Å². The van der Waals surface area contributed by atoms with Gasteiger partial charge in [0, 0.05) is 25.4 Å². The average molecular weight is 217 g/mol. The Morgan fingerprint density at radius 2 is 2.06 bits per heavy atom. The third kappa shape index (κ3) is 2.36. The molecule has 0 saturated carbocycles. The first-order chi connectivity index (χ1) is 7.65. The lowest BCUT2D eigenvalue weighted by molar-refractivity contribution is 0.767. The lowest BCUT2D eigenvalue weighted by Crippen LogP contribution is -2.03. The molecule has 0 spiro atoms. The molecule has 2 aromatic rings. The van der Waals surface area contributed by atoms with Crippen LogP contribution in [-0.4, -0.2) is 19.7 Å². The van der Waals surface area contributed by atoms with Gasteiger partial charge >= 0.3 is 0 Å². The molecule has 0 bridgehead atoms. The maximum atomic E-state index is 4.39.